The number of nitrogens with one attached hydrogen (secondary N) is 1. The molecule has 0 aliphatic carbocycles. The van der Waals surface area contributed by atoms with E-state index in [0.29, 0.717) is 16.5 Å². The molecule has 0 bridgehead atoms. The van der Waals surface area contributed by atoms with E-state index in [2.05, 4.69) is 10.3 Å². The molecule has 0 atom stereocenters. The molecule has 0 amide bonds. The second-order valence-electron chi connectivity index (χ2n) is 3.70. The molecule has 4 nitrogen and oxygen atoms in total. The van der Waals surface area contributed by atoms with E-state index in [1.165, 1.54) is 0 Å². The molecule has 1 heterocycles. The fraction of sp³-hybridized carbons (Fsp3) is 0.417. The van der Waals surface area contributed by atoms with Crippen molar-refractivity contribution in [2.45, 2.75) is 6.42 Å². The molecule has 0 fully saturated rings. The van der Waals surface area contributed by atoms with Gasteiger partial charge in [-0.15, -0.1) is 0 Å². The van der Waals surface area contributed by atoms with Crippen molar-refractivity contribution >= 4 is 34.2 Å². The number of halogens is 1. The minimum atomic E-state index is 0.526. The number of nitrogens with zero attached hydrogens (tertiary/aromatic N) is 1. The van der Waals surface area contributed by atoms with Crippen molar-refractivity contribution in [1.29, 1.82) is 0 Å². The van der Waals surface area contributed by atoms with Crippen LogP contribution in [0.5, 0.6) is 11.5 Å². The number of hydrogen-bond donors (Lipinski definition) is 1. The largest absolute Gasteiger partial charge is 0.495 e. The molecule has 6 heteroatoms. The highest BCUT2D eigenvalue weighted by molar-refractivity contribution is 8.14. The predicted molar refractivity (Wildman–Crippen MR) is 77.6 cm³/mol. The van der Waals surface area contributed by atoms with Crippen LogP contribution < -0.4 is 14.8 Å². The second-order valence-corrected chi connectivity index (χ2v) is 5.19. The van der Waals surface area contributed by atoms with E-state index in [1.54, 1.807) is 32.0 Å². The smallest absolute Gasteiger partial charge is 0.161 e. The van der Waals surface area contributed by atoms with Crippen LogP contribution >= 0.6 is 23.4 Å². The summed E-state index contributed by atoms with van der Waals surface area (Å²) in [5.74, 6) is 2.37. The quantitative estimate of drug-likeness (QED) is 0.926. The lowest BCUT2D eigenvalue weighted by atomic mass is 10.2. The van der Waals surface area contributed by atoms with Crippen LogP contribution in [0.1, 0.15) is 6.42 Å². The fourth-order valence-corrected chi connectivity index (χ4v) is 2.67. The second kappa shape index (κ2) is 6.20. The third kappa shape index (κ3) is 3.03. The van der Waals surface area contributed by atoms with Gasteiger partial charge in [0, 0.05) is 24.4 Å². The summed E-state index contributed by atoms with van der Waals surface area (Å²) in [4.78, 5) is 4.42. The van der Waals surface area contributed by atoms with E-state index in [4.69, 9.17) is 21.1 Å². The molecule has 18 heavy (non-hydrogen) atoms. The Morgan fingerprint density at radius 1 is 1.28 bits per heavy atom. The van der Waals surface area contributed by atoms with Gasteiger partial charge in [0.1, 0.15) is 11.5 Å². The summed E-state index contributed by atoms with van der Waals surface area (Å²) in [6.07, 6.45) is 1.12. The summed E-state index contributed by atoms with van der Waals surface area (Å²) < 4.78 is 10.5. The van der Waals surface area contributed by atoms with Crippen molar-refractivity contribution < 1.29 is 9.47 Å². The van der Waals surface area contributed by atoms with Gasteiger partial charge in [-0.25, -0.2) is 0 Å². The summed E-state index contributed by atoms with van der Waals surface area (Å²) in [6, 6.07) is 3.55. The lowest BCUT2D eigenvalue weighted by Gasteiger charge is -2.16. The van der Waals surface area contributed by atoms with Gasteiger partial charge in [0.05, 0.1) is 24.9 Å². The molecular weight excluding hydrogens is 272 g/mol. The molecule has 1 aliphatic rings. The van der Waals surface area contributed by atoms with E-state index in [9.17, 15) is 0 Å². The van der Waals surface area contributed by atoms with E-state index in [1.807, 2.05) is 6.07 Å². The summed E-state index contributed by atoms with van der Waals surface area (Å²) >= 11 is 7.76. The Balaban J connectivity index is 2.27. The lowest BCUT2D eigenvalue weighted by molar-refractivity contribution is 0.405. The Bertz CT molecular complexity index is 466. The fourth-order valence-electron chi connectivity index (χ4n) is 1.61. The first-order valence-electron chi connectivity index (χ1n) is 5.60. The maximum atomic E-state index is 6.05. The van der Waals surface area contributed by atoms with Gasteiger partial charge < -0.3 is 14.8 Å². The number of ether oxygens (including phenoxy) is 2. The Morgan fingerprint density at radius 2 is 2.06 bits per heavy atom. The number of thioether (sulfide) groups is 1. The summed E-state index contributed by atoms with van der Waals surface area (Å²) in [7, 11) is 3.20. The highest BCUT2D eigenvalue weighted by Gasteiger charge is 2.13. The molecule has 0 unspecified atom stereocenters. The van der Waals surface area contributed by atoms with Crippen molar-refractivity contribution in [3.63, 3.8) is 0 Å². The van der Waals surface area contributed by atoms with Crippen LogP contribution in [0, 0.1) is 0 Å². The van der Waals surface area contributed by atoms with Crippen LogP contribution in [0.2, 0.25) is 5.02 Å². The third-order valence-electron chi connectivity index (χ3n) is 2.51. The van der Waals surface area contributed by atoms with Crippen LogP contribution in [0.3, 0.4) is 0 Å². The van der Waals surface area contributed by atoms with Crippen molar-refractivity contribution in [1.82, 2.24) is 0 Å². The molecule has 1 aromatic rings. The van der Waals surface area contributed by atoms with Gasteiger partial charge in [0.2, 0.25) is 0 Å². The first-order chi connectivity index (χ1) is 8.74. The number of anilines is 1. The van der Waals surface area contributed by atoms with E-state index >= 15 is 0 Å². The number of hydrogen-bond acceptors (Lipinski definition) is 5. The molecule has 0 aromatic heterocycles. The van der Waals surface area contributed by atoms with Crippen molar-refractivity contribution in [3.05, 3.63) is 17.2 Å². The van der Waals surface area contributed by atoms with E-state index < -0.39 is 0 Å². The molecule has 0 spiro atoms. The van der Waals surface area contributed by atoms with Gasteiger partial charge in [-0.05, 0) is 6.42 Å². The van der Waals surface area contributed by atoms with Crippen molar-refractivity contribution in [2.24, 2.45) is 4.99 Å². The topological polar surface area (TPSA) is 42.8 Å². The molecule has 0 radical (unpaired) electrons. The zero-order valence-electron chi connectivity index (χ0n) is 10.3. The molecule has 1 N–H and O–H groups in total. The van der Waals surface area contributed by atoms with Crippen molar-refractivity contribution in [3.8, 4) is 11.5 Å². The maximum Gasteiger partial charge on any atom is 0.161 e. The number of amidine groups is 1. The SMILES string of the molecule is COc1cc(NC2=NCCCS2)c(OC)cc1Cl. The van der Waals surface area contributed by atoms with Crippen LogP contribution in [-0.4, -0.2) is 31.7 Å². The molecule has 1 aliphatic heterocycles. The Hall–Kier alpha value is -1.07. The first-order valence-corrected chi connectivity index (χ1v) is 6.96. The predicted octanol–water partition coefficient (Wildman–Crippen LogP) is 3.26. The van der Waals surface area contributed by atoms with E-state index in [-0.39, 0.29) is 0 Å². The normalized spacial score (nSPS) is 14.9. The summed E-state index contributed by atoms with van der Waals surface area (Å²) in [5.41, 5.74) is 0.812. The van der Waals surface area contributed by atoms with E-state index in [0.717, 1.165) is 29.6 Å². The average Bonchev–Trinajstić information content (AvgIpc) is 2.41. The highest BCUT2D eigenvalue weighted by atomic mass is 35.5. The van der Waals surface area contributed by atoms with Gasteiger partial charge in [-0.3, -0.25) is 4.99 Å². The molecule has 0 saturated carbocycles. The number of rotatable bonds is 3. The number of aliphatic imine (C=N–C) groups is 1. The van der Waals surface area contributed by atoms with Crippen LogP contribution in [-0.2, 0) is 0 Å². The zero-order valence-corrected chi connectivity index (χ0v) is 11.9. The number of benzene rings is 1. The Kier molecular flexibility index (Phi) is 4.60. The zero-order chi connectivity index (χ0) is 13.0. The van der Waals surface area contributed by atoms with Gasteiger partial charge in [-0.2, -0.15) is 0 Å². The Labute approximate surface area is 116 Å². The molecule has 0 saturated heterocycles. The maximum absolute atomic E-state index is 6.05. The van der Waals surface area contributed by atoms with Crippen LogP contribution in [0.15, 0.2) is 17.1 Å². The van der Waals surface area contributed by atoms with Crippen molar-refractivity contribution in [2.75, 3.05) is 31.8 Å². The standard InChI is InChI=1S/C12H15ClN2O2S/c1-16-10-7-9(11(17-2)6-8(10)13)15-12-14-4-3-5-18-12/h6-7H,3-5H2,1-2H3,(H,14,15). The third-order valence-corrected chi connectivity index (χ3v) is 3.80. The summed E-state index contributed by atoms with van der Waals surface area (Å²) in [5, 5.41) is 4.68. The molecule has 1 aromatic carbocycles. The minimum absolute atomic E-state index is 0.526. The average molecular weight is 287 g/mol. The minimum Gasteiger partial charge on any atom is -0.495 e. The van der Waals surface area contributed by atoms with Gasteiger partial charge >= 0.3 is 0 Å². The Morgan fingerprint density at radius 3 is 2.67 bits per heavy atom. The highest BCUT2D eigenvalue weighted by Crippen LogP contribution is 2.36. The van der Waals surface area contributed by atoms with Crippen LogP contribution in [0.25, 0.3) is 0 Å². The van der Waals surface area contributed by atoms with Crippen LogP contribution in [0.4, 0.5) is 5.69 Å². The van der Waals surface area contributed by atoms with Gasteiger partial charge in [0.25, 0.3) is 0 Å². The molecule has 2 rings (SSSR count). The first kappa shape index (κ1) is 13.4. The molecular formula is C12H15ClN2O2S. The molecule has 98 valence electrons. The lowest BCUT2D eigenvalue weighted by Crippen LogP contribution is -2.14. The van der Waals surface area contributed by atoms with Gasteiger partial charge in [0.15, 0.2) is 5.17 Å². The number of methoxy groups -OCH3 is 2. The van der Waals surface area contributed by atoms with Gasteiger partial charge in [-0.1, -0.05) is 23.4 Å². The monoisotopic (exact) mass is 286 g/mol. The summed E-state index contributed by atoms with van der Waals surface area (Å²) in [6.45, 7) is 0.863.